The standard InChI is InChI=1S/C19H22FN3O4/c1-4-22(12-14-9-10-18(27-3)15(20)11-14)13(2)19(24)21-16-7-5-6-8-17(16)23(25)26/h5-11,13H,4,12H2,1-3H3,(H,21,24)/t13-/m0/s1. The van der Waals surface area contributed by atoms with Gasteiger partial charge in [0.05, 0.1) is 18.1 Å². The van der Waals surface area contributed by atoms with Gasteiger partial charge >= 0.3 is 0 Å². The molecule has 0 fully saturated rings. The van der Waals surface area contributed by atoms with E-state index in [4.69, 9.17) is 4.74 Å². The van der Waals surface area contributed by atoms with Crippen LogP contribution < -0.4 is 10.1 Å². The van der Waals surface area contributed by atoms with Crippen LogP contribution in [0, 0.1) is 15.9 Å². The maximum atomic E-state index is 13.9. The van der Waals surface area contributed by atoms with Crippen molar-refractivity contribution in [1.82, 2.24) is 4.90 Å². The summed E-state index contributed by atoms with van der Waals surface area (Å²) < 4.78 is 18.8. The van der Waals surface area contributed by atoms with Gasteiger partial charge in [-0.05, 0) is 37.2 Å². The highest BCUT2D eigenvalue weighted by atomic mass is 19.1. The molecule has 0 radical (unpaired) electrons. The molecule has 0 bridgehead atoms. The maximum absolute atomic E-state index is 13.9. The number of hydrogen-bond acceptors (Lipinski definition) is 5. The molecule has 0 aliphatic carbocycles. The summed E-state index contributed by atoms with van der Waals surface area (Å²) in [5.41, 5.74) is 0.671. The first kappa shape index (κ1) is 20.3. The summed E-state index contributed by atoms with van der Waals surface area (Å²) >= 11 is 0. The van der Waals surface area contributed by atoms with Gasteiger partial charge in [0.1, 0.15) is 5.69 Å². The van der Waals surface area contributed by atoms with E-state index in [1.54, 1.807) is 19.1 Å². The van der Waals surface area contributed by atoms with E-state index in [-0.39, 0.29) is 23.0 Å². The molecule has 7 nitrogen and oxygen atoms in total. The van der Waals surface area contributed by atoms with E-state index in [0.717, 1.165) is 0 Å². The summed E-state index contributed by atoms with van der Waals surface area (Å²) in [6.45, 7) is 4.48. The van der Waals surface area contributed by atoms with Crippen LogP contribution in [-0.4, -0.2) is 35.4 Å². The Balaban J connectivity index is 2.12. The highest BCUT2D eigenvalue weighted by molar-refractivity contribution is 5.96. The molecule has 8 heteroatoms. The molecule has 0 spiro atoms. The number of benzene rings is 2. The number of carbonyl (C=O) groups excluding carboxylic acids is 1. The molecule has 2 aromatic carbocycles. The lowest BCUT2D eigenvalue weighted by Gasteiger charge is -2.27. The van der Waals surface area contributed by atoms with Gasteiger partial charge in [-0.2, -0.15) is 0 Å². The third-order valence-electron chi connectivity index (χ3n) is 4.29. The second kappa shape index (κ2) is 9.09. The van der Waals surface area contributed by atoms with Crippen LogP contribution in [0.4, 0.5) is 15.8 Å². The van der Waals surface area contributed by atoms with Gasteiger partial charge in [-0.25, -0.2) is 4.39 Å². The van der Waals surface area contributed by atoms with Gasteiger partial charge in [-0.1, -0.05) is 25.1 Å². The Morgan fingerprint density at radius 2 is 2.04 bits per heavy atom. The monoisotopic (exact) mass is 375 g/mol. The Morgan fingerprint density at radius 1 is 1.33 bits per heavy atom. The van der Waals surface area contributed by atoms with Crippen molar-refractivity contribution in [2.45, 2.75) is 26.4 Å². The normalized spacial score (nSPS) is 11.9. The first-order valence-corrected chi connectivity index (χ1v) is 8.48. The number of nitrogens with zero attached hydrogens (tertiary/aromatic N) is 2. The molecule has 0 heterocycles. The van der Waals surface area contributed by atoms with Crippen molar-refractivity contribution in [3.63, 3.8) is 0 Å². The zero-order valence-corrected chi connectivity index (χ0v) is 15.4. The highest BCUT2D eigenvalue weighted by Crippen LogP contribution is 2.24. The smallest absolute Gasteiger partial charge is 0.292 e. The number of carbonyl (C=O) groups is 1. The lowest BCUT2D eigenvalue weighted by Crippen LogP contribution is -2.41. The summed E-state index contributed by atoms with van der Waals surface area (Å²) in [6, 6.07) is 10.0. The van der Waals surface area contributed by atoms with E-state index in [1.807, 2.05) is 11.8 Å². The van der Waals surface area contributed by atoms with Crippen molar-refractivity contribution in [1.29, 1.82) is 0 Å². The Hall–Kier alpha value is -3.00. The number of para-hydroxylation sites is 2. The Morgan fingerprint density at radius 3 is 2.63 bits per heavy atom. The second-order valence-electron chi connectivity index (χ2n) is 5.97. The maximum Gasteiger partial charge on any atom is 0.292 e. The number of amides is 1. The van der Waals surface area contributed by atoms with Gasteiger partial charge in [0.15, 0.2) is 11.6 Å². The van der Waals surface area contributed by atoms with Crippen molar-refractivity contribution in [2.75, 3.05) is 19.0 Å². The summed E-state index contributed by atoms with van der Waals surface area (Å²) in [7, 11) is 1.39. The summed E-state index contributed by atoms with van der Waals surface area (Å²) in [5, 5.41) is 13.7. The number of halogens is 1. The van der Waals surface area contributed by atoms with Crippen LogP contribution in [0.3, 0.4) is 0 Å². The molecular formula is C19H22FN3O4. The molecule has 27 heavy (non-hydrogen) atoms. The molecule has 0 unspecified atom stereocenters. The predicted molar refractivity (Wildman–Crippen MR) is 100 cm³/mol. The van der Waals surface area contributed by atoms with Gasteiger partial charge in [-0.3, -0.25) is 19.8 Å². The first-order valence-electron chi connectivity index (χ1n) is 8.48. The minimum atomic E-state index is -0.569. The third-order valence-corrected chi connectivity index (χ3v) is 4.29. The van der Waals surface area contributed by atoms with Crippen LogP contribution in [-0.2, 0) is 11.3 Å². The first-order chi connectivity index (χ1) is 12.9. The van der Waals surface area contributed by atoms with Gasteiger partial charge in [-0.15, -0.1) is 0 Å². The molecule has 2 aromatic rings. The van der Waals surface area contributed by atoms with E-state index >= 15 is 0 Å². The number of rotatable bonds is 8. The van der Waals surface area contributed by atoms with Gasteiger partial charge < -0.3 is 10.1 Å². The third kappa shape index (κ3) is 5.01. The van der Waals surface area contributed by atoms with E-state index in [1.165, 1.54) is 37.4 Å². The van der Waals surface area contributed by atoms with Gasteiger partial charge in [0, 0.05) is 12.6 Å². The fraction of sp³-hybridized carbons (Fsp3) is 0.316. The van der Waals surface area contributed by atoms with Gasteiger partial charge in [0.25, 0.3) is 5.69 Å². The number of anilines is 1. The van der Waals surface area contributed by atoms with Crippen LogP contribution in [0.5, 0.6) is 5.75 Å². The lowest BCUT2D eigenvalue weighted by molar-refractivity contribution is -0.383. The number of nitro groups is 1. The minimum Gasteiger partial charge on any atom is -0.494 e. The van der Waals surface area contributed by atoms with Crippen molar-refractivity contribution in [2.24, 2.45) is 0 Å². The number of nitro benzene ring substituents is 1. The number of hydrogen-bond donors (Lipinski definition) is 1. The number of likely N-dealkylation sites (N-methyl/N-ethyl adjacent to an activating group) is 1. The van der Waals surface area contributed by atoms with Crippen LogP contribution in [0.2, 0.25) is 0 Å². The fourth-order valence-electron chi connectivity index (χ4n) is 2.71. The average Bonchev–Trinajstić information content (AvgIpc) is 2.65. The molecule has 1 atom stereocenters. The number of ether oxygens (including phenoxy) is 1. The van der Waals surface area contributed by atoms with Crippen LogP contribution in [0.1, 0.15) is 19.4 Å². The Kier molecular flexibility index (Phi) is 6.84. The summed E-state index contributed by atoms with van der Waals surface area (Å²) in [6.07, 6.45) is 0. The quantitative estimate of drug-likeness (QED) is 0.563. The largest absolute Gasteiger partial charge is 0.494 e. The van der Waals surface area contributed by atoms with Crippen molar-refractivity contribution in [3.8, 4) is 5.75 Å². The number of methoxy groups -OCH3 is 1. The van der Waals surface area contributed by atoms with Crippen molar-refractivity contribution in [3.05, 3.63) is 64.0 Å². The molecular weight excluding hydrogens is 353 g/mol. The topological polar surface area (TPSA) is 84.7 Å². The molecule has 1 N–H and O–H groups in total. The van der Waals surface area contributed by atoms with Crippen molar-refractivity contribution >= 4 is 17.3 Å². The summed E-state index contributed by atoms with van der Waals surface area (Å²) in [5.74, 6) is -0.688. The van der Waals surface area contributed by atoms with Crippen LogP contribution in [0.25, 0.3) is 0 Å². The Labute approximate surface area is 156 Å². The van der Waals surface area contributed by atoms with E-state index in [9.17, 15) is 19.3 Å². The van der Waals surface area contributed by atoms with Gasteiger partial charge in [0.2, 0.25) is 5.91 Å². The van der Waals surface area contributed by atoms with E-state index in [0.29, 0.717) is 18.7 Å². The highest BCUT2D eigenvalue weighted by Gasteiger charge is 2.23. The molecule has 0 aliphatic heterocycles. The fourth-order valence-corrected chi connectivity index (χ4v) is 2.71. The zero-order chi connectivity index (χ0) is 20.0. The SMILES string of the molecule is CCN(Cc1ccc(OC)c(F)c1)[C@@H](C)C(=O)Nc1ccccc1[N+](=O)[O-]. The molecule has 0 aromatic heterocycles. The lowest BCUT2D eigenvalue weighted by atomic mass is 10.1. The van der Waals surface area contributed by atoms with Crippen LogP contribution >= 0.6 is 0 Å². The molecule has 0 aliphatic rings. The van der Waals surface area contributed by atoms with Crippen LogP contribution in [0.15, 0.2) is 42.5 Å². The molecule has 2 rings (SSSR count). The average molecular weight is 375 g/mol. The van der Waals surface area contributed by atoms with E-state index in [2.05, 4.69) is 5.32 Å². The Bertz CT molecular complexity index is 828. The molecule has 144 valence electrons. The molecule has 0 saturated carbocycles. The van der Waals surface area contributed by atoms with E-state index < -0.39 is 16.8 Å². The predicted octanol–water partition coefficient (Wildman–Crippen LogP) is 3.59. The molecule has 1 amide bonds. The second-order valence-corrected chi connectivity index (χ2v) is 5.97. The molecule has 0 saturated heterocycles. The minimum absolute atomic E-state index is 0.144. The number of nitrogens with one attached hydrogen (secondary N) is 1. The summed E-state index contributed by atoms with van der Waals surface area (Å²) in [4.78, 5) is 25.0. The zero-order valence-electron chi connectivity index (χ0n) is 15.4. The van der Waals surface area contributed by atoms with Crippen molar-refractivity contribution < 1.29 is 18.8 Å².